The highest BCUT2D eigenvalue weighted by Gasteiger charge is 2.25. The van der Waals surface area contributed by atoms with Crippen molar-refractivity contribution in [2.24, 2.45) is 5.73 Å². The molecule has 1 aliphatic heterocycles. The predicted octanol–water partition coefficient (Wildman–Crippen LogP) is 2.16. The van der Waals surface area contributed by atoms with Gasteiger partial charge in [-0.05, 0) is 44.3 Å². The number of primary amides is 1. The Bertz CT molecular complexity index is 738. The van der Waals surface area contributed by atoms with Crippen LogP contribution in [-0.2, 0) is 0 Å². The van der Waals surface area contributed by atoms with Crippen LogP contribution in [0.25, 0.3) is 0 Å². The number of aromatic nitrogens is 1. The first kappa shape index (κ1) is 18.0. The maximum absolute atomic E-state index is 12.3. The maximum Gasteiger partial charge on any atom is 0.338 e. The van der Waals surface area contributed by atoms with Gasteiger partial charge in [0.05, 0.1) is 11.4 Å². The molecule has 2 aromatic rings. The van der Waals surface area contributed by atoms with Crippen molar-refractivity contribution in [2.75, 3.05) is 55.2 Å². The number of hydrazine groups is 1. The molecular weight excluding hydrogens is 328 g/mol. The minimum Gasteiger partial charge on any atom is -0.368 e. The number of hydrogen-bond acceptors (Lipinski definition) is 5. The van der Waals surface area contributed by atoms with Crippen LogP contribution in [0.1, 0.15) is 6.42 Å². The maximum atomic E-state index is 12.3. The molecule has 0 spiro atoms. The lowest BCUT2D eigenvalue weighted by molar-refractivity contribution is 0.253. The lowest BCUT2D eigenvalue weighted by Gasteiger charge is -2.35. The standard InChI is InChI=1S/C19H26N6O/c1-22-12-7-13-24(15-14-22)16-8-3-4-9-17(16)25(19(20)26)23(2)18-10-5-6-11-21-18/h3-6,8-11H,7,12-15H2,1-2H3,(H2,20,26). The van der Waals surface area contributed by atoms with Gasteiger partial charge in [-0.1, -0.05) is 18.2 Å². The van der Waals surface area contributed by atoms with Crippen LogP contribution in [-0.4, -0.2) is 56.2 Å². The van der Waals surface area contributed by atoms with E-state index in [4.69, 9.17) is 5.73 Å². The van der Waals surface area contributed by atoms with Crippen LogP contribution < -0.4 is 20.7 Å². The normalized spacial score (nSPS) is 15.4. The van der Waals surface area contributed by atoms with E-state index in [0.717, 1.165) is 44.0 Å². The van der Waals surface area contributed by atoms with Gasteiger partial charge in [0.25, 0.3) is 0 Å². The van der Waals surface area contributed by atoms with Gasteiger partial charge in [0.15, 0.2) is 0 Å². The van der Waals surface area contributed by atoms with Crippen LogP contribution in [0.5, 0.6) is 0 Å². The highest BCUT2D eigenvalue weighted by Crippen LogP contribution is 2.31. The zero-order valence-electron chi connectivity index (χ0n) is 15.4. The van der Waals surface area contributed by atoms with Crippen molar-refractivity contribution in [3.05, 3.63) is 48.7 Å². The van der Waals surface area contributed by atoms with Gasteiger partial charge >= 0.3 is 6.03 Å². The molecule has 0 bridgehead atoms. The molecule has 1 aromatic heterocycles. The number of para-hydroxylation sites is 2. The van der Waals surface area contributed by atoms with Crippen LogP contribution in [0.15, 0.2) is 48.7 Å². The monoisotopic (exact) mass is 354 g/mol. The molecule has 138 valence electrons. The minimum absolute atomic E-state index is 0.544. The van der Waals surface area contributed by atoms with Crippen molar-refractivity contribution in [3.63, 3.8) is 0 Å². The molecule has 26 heavy (non-hydrogen) atoms. The Balaban J connectivity index is 1.96. The van der Waals surface area contributed by atoms with Gasteiger partial charge in [-0.2, -0.15) is 5.01 Å². The number of anilines is 3. The number of benzene rings is 1. The first-order chi connectivity index (χ1) is 12.6. The summed E-state index contributed by atoms with van der Waals surface area (Å²) in [5.74, 6) is 0.650. The summed E-state index contributed by atoms with van der Waals surface area (Å²) in [5, 5.41) is 3.16. The molecule has 0 saturated carbocycles. The summed E-state index contributed by atoms with van der Waals surface area (Å²) in [6.07, 6.45) is 2.78. The number of hydrogen-bond donors (Lipinski definition) is 1. The number of likely N-dealkylation sites (N-methyl/N-ethyl adjacent to an activating group) is 1. The summed E-state index contributed by atoms with van der Waals surface area (Å²) in [4.78, 5) is 21.3. The average Bonchev–Trinajstić information content (AvgIpc) is 2.87. The summed E-state index contributed by atoms with van der Waals surface area (Å²) in [6.45, 7) is 3.92. The third kappa shape index (κ3) is 3.88. The molecule has 1 aromatic carbocycles. The quantitative estimate of drug-likeness (QED) is 0.852. The molecule has 0 unspecified atom stereocenters. The van der Waals surface area contributed by atoms with Crippen molar-refractivity contribution in [2.45, 2.75) is 6.42 Å². The minimum atomic E-state index is -0.544. The van der Waals surface area contributed by atoms with Gasteiger partial charge in [-0.15, -0.1) is 0 Å². The van der Waals surface area contributed by atoms with E-state index in [1.165, 1.54) is 5.01 Å². The highest BCUT2D eigenvalue weighted by atomic mass is 16.2. The fourth-order valence-electron chi connectivity index (χ4n) is 3.27. The molecule has 7 nitrogen and oxygen atoms in total. The second-order valence-electron chi connectivity index (χ2n) is 6.49. The molecule has 7 heteroatoms. The lowest BCUT2D eigenvalue weighted by atomic mass is 10.2. The van der Waals surface area contributed by atoms with Crippen molar-refractivity contribution >= 4 is 23.2 Å². The van der Waals surface area contributed by atoms with Gasteiger partial charge in [0, 0.05) is 32.9 Å². The average molecular weight is 354 g/mol. The van der Waals surface area contributed by atoms with E-state index in [9.17, 15) is 4.79 Å². The largest absolute Gasteiger partial charge is 0.368 e. The van der Waals surface area contributed by atoms with Gasteiger partial charge in [-0.25, -0.2) is 9.78 Å². The number of carbonyl (C=O) groups is 1. The van der Waals surface area contributed by atoms with Crippen molar-refractivity contribution < 1.29 is 4.79 Å². The first-order valence-corrected chi connectivity index (χ1v) is 8.84. The molecule has 2 heterocycles. The second kappa shape index (κ2) is 8.05. The van der Waals surface area contributed by atoms with Crippen LogP contribution in [0, 0.1) is 0 Å². The Hall–Kier alpha value is -2.80. The fourth-order valence-corrected chi connectivity index (χ4v) is 3.27. The van der Waals surface area contributed by atoms with E-state index in [-0.39, 0.29) is 0 Å². The van der Waals surface area contributed by atoms with E-state index < -0.39 is 6.03 Å². The Morgan fingerprint density at radius 1 is 1.08 bits per heavy atom. The molecular formula is C19H26N6O. The SMILES string of the molecule is CN1CCCN(c2ccccc2N(C(N)=O)N(C)c2ccccn2)CC1. The van der Waals surface area contributed by atoms with E-state index in [1.54, 1.807) is 18.3 Å². The first-order valence-electron chi connectivity index (χ1n) is 8.84. The lowest BCUT2D eigenvalue weighted by Crippen LogP contribution is -2.48. The summed E-state index contributed by atoms with van der Waals surface area (Å²) < 4.78 is 0. The molecule has 1 saturated heterocycles. The number of nitrogens with two attached hydrogens (primary N) is 1. The van der Waals surface area contributed by atoms with Crippen LogP contribution in [0.4, 0.5) is 22.0 Å². The van der Waals surface area contributed by atoms with Gasteiger partial charge in [0.2, 0.25) is 0 Å². The Labute approximate surface area is 154 Å². The van der Waals surface area contributed by atoms with Gasteiger partial charge in [0.1, 0.15) is 5.82 Å². The predicted molar refractivity (Wildman–Crippen MR) is 105 cm³/mol. The highest BCUT2D eigenvalue weighted by molar-refractivity contribution is 5.96. The number of amides is 2. The Morgan fingerprint density at radius 3 is 2.58 bits per heavy atom. The summed E-state index contributed by atoms with van der Waals surface area (Å²) in [6, 6.07) is 12.9. The number of urea groups is 1. The van der Waals surface area contributed by atoms with Crippen molar-refractivity contribution in [1.82, 2.24) is 9.88 Å². The van der Waals surface area contributed by atoms with E-state index in [0.29, 0.717) is 5.82 Å². The second-order valence-corrected chi connectivity index (χ2v) is 6.49. The number of rotatable bonds is 4. The number of nitrogens with zero attached hydrogens (tertiary/aromatic N) is 5. The molecule has 2 amide bonds. The molecule has 0 aliphatic carbocycles. The zero-order chi connectivity index (χ0) is 18.5. The van der Waals surface area contributed by atoms with Gasteiger partial charge in [-0.3, -0.25) is 5.01 Å². The Kier molecular flexibility index (Phi) is 5.58. The molecule has 0 radical (unpaired) electrons. The third-order valence-corrected chi connectivity index (χ3v) is 4.66. The summed E-state index contributed by atoms with van der Waals surface area (Å²) >= 11 is 0. The van der Waals surface area contributed by atoms with E-state index in [2.05, 4.69) is 21.8 Å². The van der Waals surface area contributed by atoms with Crippen molar-refractivity contribution in [1.29, 1.82) is 0 Å². The topological polar surface area (TPSA) is 68.9 Å². The van der Waals surface area contributed by atoms with E-state index >= 15 is 0 Å². The third-order valence-electron chi connectivity index (χ3n) is 4.66. The molecule has 1 fully saturated rings. The van der Waals surface area contributed by atoms with Crippen LogP contribution in [0.3, 0.4) is 0 Å². The zero-order valence-corrected chi connectivity index (χ0v) is 15.4. The Morgan fingerprint density at radius 2 is 1.85 bits per heavy atom. The molecule has 0 atom stereocenters. The summed E-state index contributed by atoms with van der Waals surface area (Å²) in [7, 11) is 3.93. The molecule has 2 N–H and O–H groups in total. The smallest absolute Gasteiger partial charge is 0.338 e. The summed E-state index contributed by atoms with van der Waals surface area (Å²) in [5.41, 5.74) is 7.51. The van der Waals surface area contributed by atoms with Crippen LogP contribution >= 0.6 is 0 Å². The fraction of sp³-hybridized carbons (Fsp3) is 0.368. The molecule has 1 aliphatic rings. The van der Waals surface area contributed by atoms with Gasteiger partial charge < -0.3 is 15.5 Å². The number of carbonyl (C=O) groups excluding carboxylic acids is 1. The molecule has 3 rings (SSSR count). The van der Waals surface area contributed by atoms with Crippen molar-refractivity contribution in [3.8, 4) is 0 Å². The number of pyridine rings is 1. The van der Waals surface area contributed by atoms with Crippen LogP contribution in [0.2, 0.25) is 0 Å². The van der Waals surface area contributed by atoms with E-state index in [1.807, 2.05) is 42.5 Å².